The maximum absolute atomic E-state index is 9.95. The molecule has 2 N–H and O–H groups in total. The van der Waals surface area contributed by atoms with Gasteiger partial charge >= 0.3 is 0 Å². The molecule has 0 aromatic heterocycles. The Morgan fingerprint density at radius 2 is 2.06 bits per heavy atom. The summed E-state index contributed by atoms with van der Waals surface area (Å²) in [6.07, 6.45) is 0.766. The lowest BCUT2D eigenvalue weighted by molar-refractivity contribution is 0.178. The number of anilines is 1. The average molecular weight is 250 g/mol. The van der Waals surface area contributed by atoms with Crippen LogP contribution in [0.5, 0.6) is 0 Å². The van der Waals surface area contributed by atoms with Crippen molar-refractivity contribution < 1.29 is 5.11 Å². The lowest BCUT2D eigenvalue weighted by Gasteiger charge is -2.24. The Morgan fingerprint density at radius 3 is 2.67 bits per heavy atom. The van der Waals surface area contributed by atoms with Crippen LogP contribution >= 0.6 is 0 Å². The number of aliphatic hydroxyl groups excluding tert-OH is 1. The summed E-state index contributed by atoms with van der Waals surface area (Å²) < 4.78 is 0. The van der Waals surface area contributed by atoms with Crippen LogP contribution in [0.1, 0.15) is 24.5 Å². The van der Waals surface area contributed by atoms with Crippen LogP contribution in [0.2, 0.25) is 0 Å². The smallest absolute Gasteiger partial charge is 0.0839 e. The lowest BCUT2D eigenvalue weighted by Crippen LogP contribution is -2.37. The Balaban J connectivity index is 2.51. The minimum absolute atomic E-state index is 0.331. The minimum Gasteiger partial charge on any atom is -0.390 e. The fourth-order valence-corrected chi connectivity index (χ4v) is 2.16. The van der Waals surface area contributed by atoms with Gasteiger partial charge in [-0.2, -0.15) is 0 Å². The van der Waals surface area contributed by atoms with Crippen LogP contribution in [0.4, 0.5) is 5.69 Å². The molecule has 1 aromatic carbocycles. The van der Waals surface area contributed by atoms with Gasteiger partial charge in [-0.25, -0.2) is 0 Å². The fourth-order valence-electron chi connectivity index (χ4n) is 2.16. The minimum atomic E-state index is -0.331. The summed E-state index contributed by atoms with van der Waals surface area (Å²) in [6, 6.07) is 6.41. The molecular formula is C15H26N2O. The summed E-state index contributed by atoms with van der Waals surface area (Å²) in [5, 5.41) is 13.2. The van der Waals surface area contributed by atoms with Crippen molar-refractivity contribution in [2.45, 2.75) is 33.3 Å². The summed E-state index contributed by atoms with van der Waals surface area (Å²) in [4.78, 5) is 2.12. The molecule has 0 heterocycles. The third-order valence-electron chi connectivity index (χ3n) is 3.05. The molecule has 102 valence electrons. The molecule has 0 aliphatic heterocycles. The molecule has 1 atom stereocenters. The quantitative estimate of drug-likeness (QED) is 0.728. The number of likely N-dealkylation sites (N-methyl/N-ethyl adjacent to an activating group) is 1. The number of hydrogen-bond acceptors (Lipinski definition) is 3. The van der Waals surface area contributed by atoms with Gasteiger partial charge in [0.25, 0.3) is 0 Å². The second-order valence-electron chi connectivity index (χ2n) is 5.03. The van der Waals surface area contributed by atoms with Crippen molar-refractivity contribution >= 4 is 5.69 Å². The van der Waals surface area contributed by atoms with Crippen molar-refractivity contribution in [1.82, 2.24) is 5.32 Å². The topological polar surface area (TPSA) is 35.5 Å². The largest absolute Gasteiger partial charge is 0.390 e. The van der Waals surface area contributed by atoms with Gasteiger partial charge < -0.3 is 15.3 Å². The summed E-state index contributed by atoms with van der Waals surface area (Å²) in [5.41, 5.74) is 3.72. The van der Waals surface area contributed by atoms with Gasteiger partial charge in [0.1, 0.15) is 0 Å². The van der Waals surface area contributed by atoms with E-state index in [4.69, 9.17) is 0 Å². The van der Waals surface area contributed by atoms with Gasteiger partial charge in [-0.3, -0.25) is 0 Å². The zero-order chi connectivity index (χ0) is 13.5. The maximum Gasteiger partial charge on any atom is 0.0839 e. The first kappa shape index (κ1) is 15.0. The Hall–Kier alpha value is -1.06. The van der Waals surface area contributed by atoms with E-state index in [2.05, 4.69) is 49.2 Å². The Morgan fingerprint density at radius 1 is 1.33 bits per heavy atom. The van der Waals surface area contributed by atoms with Gasteiger partial charge in [0.05, 0.1) is 6.10 Å². The van der Waals surface area contributed by atoms with Gasteiger partial charge in [-0.15, -0.1) is 0 Å². The van der Waals surface area contributed by atoms with E-state index in [-0.39, 0.29) is 6.10 Å². The standard InChI is InChI=1S/C15H26N2O/c1-5-8-16-10-14(18)11-17(4)15-7-6-12(2)9-13(15)3/h6-7,9,14,16,18H,5,8,10-11H2,1-4H3. The van der Waals surface area contributed by atoms with Crippen LogP contribution in [-0.2, 0) is 0 Å². The molecule has 0 amide bonds. The number of hydrogen-bond donors (Lipinski definition) is 2. The molecule has 1 unspecified atom stereocenters. The fraction of sp³-hybridized carbons (Fsp3) is 0.600. The molecule has 1 rings (SSSR count). The Bertz CT molecular complexity index is 366. The molecule has 3 nitrogen and oxygen atoms in total. The number of nitrogens with zero attached hydrogens (tertiary/aromatic N) is 1. The van der Waals surface area contributed by atoms with E-state index in [1.165, 1.54) is 16.8 Å². The predicted octanol–water partition coefficient (Wildman–Crippen LogP) is 2.10. The predicted molar refractivity (Wildman–Crippen MR) is 78.4 cm³/mol. The van der Waals surface area contributed by atoms with E-state index >= 15 is 0 Å². The second kappa shape index (κ2) is 7.39. The van der Waals surface area contributed by atoms with E-state index in [1.807, 2.05) is 7.05 Å². The molecule has 0 saturated carbocycles. The number of aryl methyl sites for hydroxylation is 2. The molecule has 0 fully saturated rings. The van der Waals surface area contributed by atoms with E-state index < -0.39 is 0 Å². The molecule has 0 saturated heterocycles. The Kier molecular flexibility index (Phi) is 6.16. The number of nitrogens with one attached hydrogen (secondary N) is 1. The van der Waals surface area contributed by atoms with Gasteiger partial charge in [0.15, 0.2) is 0 Å². The first-order valence-corrected chi connectivity index (χ1v) is 6.71. The van der Waals surface area contributed by atoms with Gasteiger partial charge in [0, 0.05) is 25.8 Å². The maximum atomic E-state index is 9.95. The average Bonchev–Trinajstić information content (AvgIpc) is 2.28. The summed E-state index contributed by atoms with van der Waals surface area (Å²) in [6.45, 7) is 8.61. The molecular weight excluding hydrogens is 224 g/mol. The second-order valence-corrected chi connectivity index (χ2v) is 5.03. The highest BCUT2D eigenvalue weighted by molar-refractivity contribution is 5.53. The van der Waals surface area contributed by atoms with Crippen LogP contribution in [-0.4, -0.2) is 37.9 Å². The van der Waals surface area contributed by atoms with Crippen LogP contribution in [0.15, 0.2) is 18.2 Å². The normalized spacial score (nSPS) is 12.5. The highest BCUT2D eigenvalue weighted by Crippen LogP contribution is 2.19. The molecule has 1 aromatic rings. The van der Waals surface area contributed by atoms with Crippen molar-refractivity contribution in [3.63, 3.8) is 0 Å². The van der Waals surface area contributed by atoms with E-state index in [9.17, 15) is 5.11 Å². The number of aliphatic hydroxyl groups is 1. The van der Waals surface area contributed by atoms with Crippen molar-refractivity contribution in [3.8, 4) is 0 Å². The summed E-state index contributed by atoms with van der Waals surface area (Å²) in [7, 11) is 2.03. The highest BCUT2D eigenvalue weighted by atomic mass is 16.3. The highest BCUT2D eigenvalue weighted by Gasteiger charge is 2.10. The molecule has 0 aliphatic carbocycles. The Labute approximate surface area is 111 Å². The summed E-state index contributed by atoms with van der Waals surface area (Å²) in [5.74, 6) is 0. The molecule has 18 heavy (non-hydrogen) atoms. The monoisotopic (exact) mass is 250 g/mol. The first-order chi connectivity index (χ1) is 8.54. The lowest BCUT2D eigenvalue weighted by atomic mass is 10.1. The summed E-state index contributed by atoms with van der Waals surface area (Å²) >= 11 is 0. The molecule has 0 bridgehead atoms. The zero-order valence-electron chi connectivity index (χ0n) is 12.0. The van der Waals surface area contributed by atoms with Gasteiger partial charge in [0.2, 0.25) is 0 Å². The molecule has 3 heteroatoms. The molecule has 0 aliphatic rings. The van der Waals surface area contributed by atoms with Gasteiger partial charge in [-0.1, -0.05) is 24.6 Å². The van der Waals surface area contributed by atoms with Crippen LogP contribution in [0, 0.1) is 13.8 Å². The van der Waals surface area contributed by atoms with Crippen molar-refractivity contribution in [3.05, 3.63) is 29.3 Å². The third-order valence-corrected chi connectivity index (χ3v) is 3.05. The zero-order valence-corrected chi connectivity index (χ0v) is 12.0. The van der Waals surface area contributed by atoms with E-state index in [0.717, 1.165) is 13.0 Å². The van der Waals surface area contributed by atoms with Crippen LogP contribution in [0.3, 0.4) is 0 Å². The van der Waals surface area contributed by atoms with E-state index in [1.54, 1.807) is 0 Å². The number of rotatable bonds is 7. The SMILES string of the molecule is CCCNCC(O)CN(C)c1ccc(C)cc1C. The van der Waals surface area contributed by atoms with Crippen molar-refractivity contribution in [2.75, 3.05) is 31.6 Å². The third kappa shape index (κ3) is 4.67. The van der Waals surface area contributed by atoms with Crippen molar-refractivity contribution in [2.24, 2.45) is 0 Å². The van der Waals surface area contributed by atoms with Crippen LogP contribution in [0.25, 0.3) is 0 Å². The van der Waals surface area contributed by atoms with E-state index in [0.29, 0.717) is 13.1 Å². The number of benzene rings is 1. The van der Waals surface area contributed by atoms with Crippen molar-refractivity contribution in [1.29, 1.82) is 0 Å². The van der Waals surface area contributed by atoms with Gasteiger partial charge in [-0.05, 0) is 38.4 Å². The first-order valence-electron chi connectivity index (χ1n) is 6.71. The van der Waals surface area contributed by atoms with Crippen LogP contribution < -0.4 is 10.2 Å². The molecule has 0 radical (unpaired) electrons. The molecule has 0 spiro atoms.